The third-order valence-electron chi connectivity index (χ3n) is 2.64. The van der Waals surface area contributed by atoms with Crippen molar-refractivity contribution < 1.29 is 9.26 Å². The smallest absolute Gasteiger partial charge is 0.226 e. The molecule has 2 unspecified atom stereocenters. The monoisotopic (exact) mass is 257 g/mol. The molecule has 0 aliphatic carbocycles. The lowest BCUT2D eigenvalue weighted by Crippen LogP contribution is -2.16. The molecule has 0 aromatic carbocycles. The van der Waals surface area contributed by atoms with Crippen molar-refractivity contribution in [1.82, 2.24) is 10.1 Å². The second kappa shape index (κ2) is 6.37. The van der Waals surface area contributed by atoms with Crippen molar-refractivity contribution in [3.63, 3.8) is 0 Å². The molecular weight excluding hydrogens is 238 g/mol. The van der Waals surface area contributed by atoms with Gasteiger partial charge in [0.25, 0.3) is 0 Å². The zero-order valence-electron chi connectivity index (χ0n) is 10.1. The molecule has 0 bridgehead atoms. The minimum Gasteiger partial charge on any atom is -0.368 e. The van der Waals surface area contributed by atoms with E-state index < -0.39 is 0 Å². The third kappa shape index (κ3) is 3.97. The summed E-state index contributed by atoms with van der Waals surface area (Å²) in [5, 5.41) is 3.98. The van der Waals surface area contributed by atoms with Crippen molar-refractivity contribution in [3.8, 4) is 0 Å². The van der Waals surface area contributed by atoms with Gasteiger partial charge in [-0.05, 0) is 19.8 Å². The SMILES string of the molecule is CC(N)CCCc1nc(C2CSCCO2)no1. The first-order valence-electron chi connectivity index (χ1n) is 6.03. The molecule has 2 heterocycles. The second-order valence-electron chi connectivity index (χ2n) is 4.35. The molecule has 1 fully saturated rings. The minimum atomic E-state index is -0.000294. The molecule has 1 saturated heterocycles. The molecule has 0 radical (unpaired) electrons. The van der Waals surface area contributed by atoms with E-state index in [1.165, 1.54) is 0 Å². The lowest BCUT2D eigenvalue weighted by molar-refractivity contribution is 0.0677. The van der Waals surface area contributed by atoms with Crippen LogP contribution in [0, 0.1) is 0 Å². The Balaban J connectivity index is 1.82. The number of hydrogen-bond acceptors (Lipinski definition) is 6. The molecule has 1 aromatic heterocycles. The average Bonchev–Trinajstić information content (AvgIpc) is 2.78. The van der Waals surface area contributed by atoms with E-state index in [-0.39, 0.29) is 12.1 Å². The maximum Gasteiger partial charge on any atom is 0.226 e. The number of aromatic nitrogens is 2. The Morgan fingerprint density at radius 1 is 1.59 bits per heavy atom. The lowest BCUT2D eigenvalue weighted by Gasteiger charge is -2.18. The fraction of sp³-hybridized carbons (Fsp3) is 0.818. The fourth-order valence-corrected chi connectivity index (χ4v) is 2.55. The first-order chi connectivity index (χ1) is 8.25. The minimum absolute atomic E-state index is 0.000294. The van der Waals surface area contributed by atoms with Gasteiger partial charge in [0, 0.05) is 24.0 Å². The Hall–Kier alpha value is -0.590. The van der Waals surface area contributed by atoms with Crippen molar-refractivity contribution in [2.75, 3.05) is 18.1 Å². The van der Waals surface area contributed by atoms with Crippen LogP contribution in [0.2, 0.25) is 0 Å². The number of rotatable bonds is 5. The predicted molar refractivity (Wildman–Crippen MR) is 66.9 cm³/mol. The van der Waals surface area contributed by atoms with Gasteiger partial charge in [-0.2, -0.15) is 16.7 Å². The summed E-state index contributed by atoms with van der Waals surface area (Å²) in [6.07, 6.45) is 2.77. The number of aryl methyl sites for hydroxylation is 1. The quantitative estimate of drug-likeness (QED) is 0.862. The Morgan fingerprint density at radius 2 is 2.47 bits per heavy atom. The highest BCUT2D eigenvalue weighted by atomic mass is 32.2. The molecule has 1 aromatic rings. The van der Waals surface area contributed by atoms with Gasteiger partial charge in [0.05, 0.1) is 6.61 Å². The number of hydrogen-bond donors (Lipinski definition) is 1. The normalized spacial score (nSPS) is 22.6. The standard InChI is InChI=1S/C11H19N3O2S/c1-8(12)3-2-4-10-13-11(14-16-10)9-7-17-6-5-15-9/h8-9H,2-7,12H2,1H3. The molecule has 0 saturated carbocycles. The summed E-state index contributed by atoms with van der Waals surface area (Å²) in [6, 6.07) is 0.232. The summed E-state index contributed by atoms with van der Waals surface area (Å²) in [5.41, 5.74) is 5.69. The lowest BCUT2D eigenvalue weighted by atomic mass is 10.1. The van der Waals surface area contributed by atoms with E-state index >= 15 is 0 Å². The largest absolute Gasteiger partial charge is 0.368 e. The summed E-state index contributed by atoms with van der Waals surface area (Å²) in [6.45, 7) is 2.77. The van der Waals surface area contributed by atoms with E-state index in [2.05, 4.69) is 10.1 Å². The highest BCUT2D eigenvalue weighted by Gasteiger charge is 2.21. The fourth-order valence-electron chi connectivity index (χ4n) is 1.71. The van der Waals surface area contributed by atoms with Crippen LogP contribution in [0.25, 0.3) is 0 Å². The molecule has 17 heavy (non-hydrogen) atoms. The van der Waals surface area contributed by atoms with Crippen LogP contribution in [-0.4, -0.2) is 34.3 Å². The number of ether oxygens (including phenoxy) is 1. The summed E-state index contributed by atoms with van der Waals surface area (Å²) in [7, 11) is 0. The molecule has 5 nitrogen and oxygen atoms in total. The van der Waals surface area contributed by atoms with Crippen LogP contribution >= 0.6 is 11.8 Å². The predicted octanol–water partition coefficient (Wildman–Crippen LogP) is 1.54. The van der Waals surface area contributed by atoms with E-state index in [0.29, 0.717) is 11.7 Å². The van der Waals surface area contributed by atoms with Crippen LogP contribution in [0.4, 0.5) is 0 Å². The molecule has 6 heteroatoms. The molecular formula is C11H19N3O2S. The van der Waals surface area contributed by atoms with Crippen LogP contribution in [0.1, 0.15) is 37.6 Å². The first-order valence-corrected chi connectivity index (χ1v) is 7.18. The van der Waals surface area contributed by atoms with Gasteiger partial charge >= 0.3 is 0 Å². The maximum absolute atomic E-state index is 5.69. The maximum atomic E-state index is 5.69. The topological polar surface area (TPSA) is 74.2 Å². The van der Waals surface area contributed by atoms with Gasteiger partial charge in [0.15, 0.2) is 0 Å². The van der Waals surface area contributed by atoms with Crippen molar-refractivity contribution in [3.05, 3.63) is 11.7 Å². The molecule has 1 aliphatic rings. The van der Waals surface area contributed by atoms with Gasteiger partial charge in [0.1, 0.15) is 6.10 Å². The summed E-state index contributed by atoms with van der Waals surface area (Å²) >= 11 is 1.87. The van der Waals surface area contributed by atoms with Crippen LogP contribution in [0.5, 0.6) is 0 Å². The molecule has 0 spiro atoms. The van der Waals surface area contributed by atoms with Gasteiger partial charge in [-0.25, -0.2) is 0 Å². The van der Waals surface area contributed by atoms with Crippen molar-refractivity contribution in [2.45, 2.75) is 38.3 Å². The van der Waals surface area contributed by atoms with Gasteiger partial charge < -0.3 is 15.0 Å². The molecule has 1 aliphatic heterocycles. The van der Waals surface area contributed by atoms with Gasteiger partial charge in [-0.1, -0.05) is 5.16 Å². The van der Waals surface area contributed by atoms with Gasteiger partial charge in [-0.15, -0.1) is 0 Å². The van der Waals surface area contributed by atoms with Crippen molar-refractivity contribution >= 4 is 11.8 Å². The highest BCUT2D eigenvalue weighted by molar-refractivity contribution is 7.99. The first kappa shape index (κ1) is 12.9. The number of nitrogens with zero attached hydrogens (tertiary/aromatic N) is 2. The zero-order chi connectivity index (χ0) is 12.1. The Kier molecular flexibility index (Phi) is 4.82. The van der Waals surface area contributed by atoms with Crippen LogP contribution in [0.15, 0.2) is 4.52 Å². The third-order valence-corrected chi connectivity index (χ3v) is 3.63. The second-order valence-corrected chi connectivity index (χ2v) is 5.50. The van der Waals surface area contributed by atoms with E-state index in [1.54, 1.807) is 0 Å². The van der Waals surface area contributed by atoms with E-state index in [1.807, 2.05) is 18.7 Å². The van der Waals surface area contributed by atoms with Crippen molar-refractivity contribution in [2.24, 2.45) is 5.73 Å². The molecule has 0 amide bonds. The summed E-state index contributed by atoms with van der Waals surface area (Å²) in [5.74, 6) is 3.35. The van der Waals surface area contributed by atoms with E-state index in [9.17, 15) is 0 Å². The Morgan fingerprint density at radius 3 is 3.18 bits per heavy atom. The number of thioether (sulfide) groups is 1. The molecule has 2 atom stereocenters. The van der Waals surface area contributed by atoms with Crippen LogP contribution in [0.3, 0.4) is 0 Å². The average molecular weight is 257 g/mol. The number of nitrogens with two attached hydrogens (primary N) is 1. The van der Waals surface area contributed by atoms with Crippen molar-refractivity contribution in [1.29, 1.82) is 0 Å². The molecule has 96 valence electrons. The van der Waals surface area contributed by atoms with E-state index in [4.69, 9.17) is 15.0 Å². The zero-order valence-corrected chi connectivity index (χ0v) is 10.9. The van der Waals surface area contributed by atoms with Crippen LogP contribution < -0.4 is 5.73 Å². The summed E-state index contributed by atoms with van der Waals surface area (Å²) < 4.78 is 10.8. The van der Waals surface area contributed by atoms with Gasteiger partial charge in [-0.3, -0.25) is 0 Å². The van der Waals surface area contributed by atoms with Gasteiger partial charge in [0.2, 0.25) is 11.7 Å². The summed E-state index contributed by atoms with van der Waals surface area (Å²) in [4.78, 5) is 4.37. The molecule has 2 N–H and O–H groups in total. The Bertz CT molecular complexity index is 337. The molecule has 2 rings (SSSR count). The highest BCUT2D eigenvalue weighted by Crippen LogP contribution is 2.24. The Labute approximate surface area is 105 Å². The van der Waals surface area contributed by atoms with E-state index in [0.717, 1.165) is 37.4 Å². The van der Waals surface area contributed by atoms with Crippen LogP contribution in [-0.2, 0) is 11.2 Å².